The summed E-state index contributed by atoms with van der Waals surface area (Å²) in [4.78, 5) is 24.6. The fourth-order valence-corrected chi connectivity index (χ4v) is 3.64. The maximum Gasteiger partial charge on any atom is 0.257 e. The fraction of sp³-hybridized carbons (Fsp3) is 0.292. The molecule has 1 saturated heterocycles. The SMILES string of the molecule is Cc1ccc(-c2ncc(C(=O)NC(C)c3ccccc3)c(N3CCCC3)n2)cc1. The third-order valence-corrected chi connectivity index (χ3v) is 5.38. The molecule has 1 aliphatic rings. The van der Waals surface area contributed by atoms with Gasteiger partial charge in [-0.15, -0.1) is 0 Å². The fourth-order valence-electron chi connectivity index (χ4n) is 3.64. The summed E-state index contributed by atoms with van der Waals surface area (Å²) in [5, 5.41) is 3.10. The number of aromatic nitrogens is 2. The predicted molar refractivity (Wildman–Crippen MR) is 116 cm³/mol. The minimum atomic E-state index is -0.140. The molecule has 0 radical (unpaired) electrons. The van der Waals surface area contributed by atoms with Gasteiger partial charge < -0.3 is 10.2 Å². The average molecular weight is 386 g/mol. The Morgan fingerprint density at radius 1 is 1.03 bits per heavy atom. The van der Waals surface area contributed by atoms with Crippen molar-refractivity contribution in [3.63, 3.8) is 0 Å². The van der Waals surface area contributed by atoms with E-state index in [0.29, 0.717) is 11.4 Å². The Morgan fingerprint density at radius 3 is 2.41 bits per heavy atom. The van der Waals surface area contributed by atoms with E-state index in [2.05, 4.69) is 34.3 Å². The smallest absolute Gasteiger partial charge is 0.257 e. The minimum absolute atomic E-state index is 0.0908. The van der Waals surface area contributed by atoms with Crippen LogP contribution in [0.25, 0.3) is 11.4 Å². The molecule has 1 aromatic heterocycles. The summed E-state index contributed by atoms with van der Waals surface area (Å²) < 4.78 is 0. The lowest BCUT2D eigenvalue weighted by Gasteiger charge is -2.21. The van der Waals surface area contributed by atoms with Crippen LogP contribution in [0.3, 0.4) is 0 Å². The Hall–Kier alpha value is -3.21. The Kier molecular flexibility index (Phi) is 5.56. The van der Waals surface area contributed by atoms with Gasteiger partial charge in [-0.2, -0.15) is 0 Å². The zero-order valence-corrected chi connectivity index (χ0v) is 16.9. The zero-order valence-electron chi connectivity index (χ0n) is 16.9. The highest BCUT2D eigenvalue weighted by Gasteiger charge is 2.23. The van der Waals surface area contributed by atoms with Crippen molar-refractivity contribution in [3.8, 4) is 11.4 Å². The van der Waals surface area contributed by atoms with Crippen molar-refractivity contribution in [1.82, 2.24) is 15.3 Å². The zero-order chi connectivity index (χ0) is 20.2. The summed E-state index contributed by atoms with van der Waals surface area (Å²) in [5.41, 5.74) is 3.76. The van der Waals surface area contributed by atoms with Gasteiger partial charge in [0, 0.05) is 24.8 Å². The van der Waals surface area contributed by atoms with Crippen molar-refractivity contribution >= 4 is 11.7 Å². The second kappa shape index (κ2) is 8.43. The summed E-state index contributed by atoms with van der Waals surface area (Å²) in [5.74, 6) is 1.24. The predicted octanol–water partition coefficient (Wildman–Crippen LogP) is 4.54. The van der Waals surface area contributed by atoms with Crippen LogP contribution in [-0.4, -0.2) is 29.0 Å². The van der Waals surface area contributed by atoms with E-state index in [1.807, 2.05) is 49.4 Å². The lowest BCUT2D eigenvalue weighted by atomic mass is 10.1. The van der Waals surface area contributed by atoms with Crippen molar-refractivity contribution in [1.29, 1.82) is 0 Å². The second-order valence-electron chi connectivity index (χ2n) is 7.60. The second-order valence-corrected chi connectivity index (χ2v) is 7.60. The Labute approximate surface area is 171 Å². The van der Waals surface area contributed by atoms with E-state index >= 15 is 0 Å². The summed E-state index contributed by atoms with van der Waals surface area (Å²) >= 11 is 0. The van der Waals surface area contributed by atoms with E-state index in [1.54, 1.807) is 6.20 Å². The van der Waals surface area contributed by atoms with Crippen molar-refractivity contribution < 1.29 is 4.79 Å². The molecule has 1 N–H and O–H groups in total. The first-order valence-corrected chi connectivity index (χ1v) is 10.2. The molecular weight excluding hydrogens is 360 g/mol. The molecule has 0 saturated carbocycles. The summed E-state index contributed by atoms with van der Waals surface area (Å²) in [6, 6.07) is 18.0. The number of nitrogens with one attached hydrogen (secondary N) is 1. The average Bonchev–Trinajstić information content (AvgIpc) is 3.29. The van der Waals surface area contributed by atoms with Gasteiger partial charge in [0.05, 0.1) is 6.04 Å². The van der Waals surface area contributed by atoms with Gasteiger partial charge in [-0.25, -0.2) is 9.97 Å². The summed E-state index contributed by atoms with van der Waals surface area (Å²) in [7, 11) is 0. The number of benzene rings is 2. The molecule has 0 aliphatic carbocycles. The molecule has 1 amide bonds. The number of anilines is 1. The van der Waals surface area contributed by atoms with Gasteiger partial charge in [0.1, 0.15) is 11.4 Å². The van der Waals surface area contributed by atoms with Gasteiger partial charge in [0.25, 0.3) is 5.91 Å². The molecule has 1 atom stereocenters. The molecule has 1 fully saturated rings. The number of carbonyl (C=O) groups is 1. The monoisotopic (exact) mass is 386 g/mol. The molecule has 5 nitrogen and oxygen atoms in total. The minimum Gasteiger partial charge on any atom is -0.356 e. The number of hydrogen-bond acceptors (Lipinski definition) is 4. The number of carbonyl (C=O) groups excluding carboxylic acids is 1. The summed E-state index contributed by atoms with van der Waals surface area (Å²) in [6.07, 6.45) is 3.90. The molecule has 1 unspecified atom stereocenters. The summed E-state index contributed by atoms with van der Waals surface area (Å²) in [6.45, 7) is 5.88. The molecular formula is C24H26N4O. The number of amides is 1. The molecule has 1 aliphatic heterocycles. The van der Waals surface area contributed by atoms with Crippen LogP contribution in [0, 0.1) is 6.92 Å². The maximum atomic E-state index is 13.1. The number of aryl methyl sites for hydroxylation is 1. The van der Waals surface area contributed by atoms with Gasteiger partial charge in [-0.1, -0.05) is 60.2 Å². The van der Waals surface area contributed by atoms with Crippen molar-refractivity contribution in [2.45, 2.75) is 32.7 Å². The van der Waals surface area contributed by atoms with Crippen LogP contribution in [0.15, 0.2) is 60.8 Å². The standard InChI is InChI=1S/C24H26N4O/c1-17-10-12-20(13-11-17)22-25-16-21(23(27-22)28-14-6-7-15-28)24(29)26-18(2)19-8-4-3-5-9-19/h3-5,8-13,16,18H,6-7,14-15H2,1-2H3,(H,26,29). The van der Waals surface area contributed by atoms with Gasteiger partial charge in [0.15, 0.2) is 5.82 Å². The van der Waals surface area contributed by atoms with Gasteiger partial charge in [-0.3, -0.25) is 4.79 Å². The van der Waals surface area contributed by atoms with Crippen molar-refractivity contribution in [2.24, 2.45) is 0 Å². The highest BCUT2D eigenvalue weighted by atomic mass is 16.1. The van der Waals surface area contributed by atoms with Crippen LogP contribution in [0.2, 0.25) is 0 Å². The van der Waals surface area contributed by atoms with Gasteiger partial charge >= 0.3 is 0 Å². The number of hydrogen-bond donors (Lipinski definition) is 1. The molecule has 0 bridgehead atoms. The van der Waals surface area contributed by atoms with Crippen LogP contribution < -0.4 is 10.2 Å². The number of rotatable bonds is 5. The first kappa shape index (κ1) is 19.1. The molecule has 5 heteroatoms. The molecule has 3 aromatic rings. The lowest BCUT2D eigenvalue weighted by Crippen LogP contribution is -2.30. The highest BCUT2D eigenvalue weighted by Crippen LogP contribution is 2.26. The van der Waals surface area contributed by atoms with Gasteiger partial charge in [-0.05, 0) is 32.3 Å². The van der Waals surface area contributed by atoms with Crippen LogP contribution in [0.4, 0.5) is 5.82 Å². The van der Waals surface area contributed by atoms with Crippen LogP contribution >= 0.6 is 0 Å². The Bertz CT molecular complexity index is 980. The van der Waals surface area contributed by atoms with Crippen LogP contribution in [-0.2, 0) is 0 Å². The molecule has 29 heavy (non-hydrogen) atoms. The topological polar surface area (TPSA) is 58.1 Å². The van der Waals surface area contributed by atoms with E-state index in [-0.39, 0.29) is 11.9 Å². The van der Waals surface area contributed by atoms with Crippen LogP contribution in [0.5, 0.6) is 0 Å². The van der Waals surface area contributed by atoms with Crippen molar-refractivity contribution in [3.05, 3.63) is 77.5 Å². The molecule has 2 aromatic carbocycles. The van der Waals surface area contributed by atoms with E-state index in [9.17, 15) is 4.79 Å². The number of nitrogens with zero attached hydrogens (tertiary/aromatic N) is 3. The third kappa shape index (κ3) is 4.29. The van der Waals surface area contributed by atoms with E-state index in [0.717, 1.165) is 42.9 Å². The molecule has 4 rings (SSSR count). The highest BCUT2D eigenvalue weighted by molar-refractivity contribution is 5.99. The lowest BCUT2D eigenvalue weighted by molar-refractivity contribution is 0.0939. The molecule has 0 spiro atoms. The molecule has 148 valence electrons. The Morgan fingerprint density at radius 2 is 1.72 bits per heavy atom. The maximum absolute atomic E-state index is 13.1. The first-order chi connectivity index (χ1) is 14.1. The third-order valence-electron chi connectivity index (χ3n) is 5.38. The Balaban J connectivity index is 1.64. The van der Waals surface area contributed by atoms with E-state index in [1.165, 1.54) is 5.56 Å². The normalized spacial score (nSPS) is 14.6. The first-order valence-electron chi connectivity index (χ1n) is 10.2. The van der Waals surface area contributed by atoms with E-state index in [4.69, 9.17) is 4.98 Å². The largest absolute Gasteiger partial charge is 0.356 e. The van der Waals surface area contributed by atoms with Crippen LogP contribution in [0.1, 0.15) is 47.3 Å². The van der Waals surface area contributed by atoms with Crippen molar-refractivity contribution in [2.75, 3.05) is 18.0 Å². The molecule has 2 heterocycles. The quantitative estimate of drug-likeness (QED) is 0.699. The van der Waals surface area contributed by atoms with Gasteiger partial charge in [0.2, 0.25) is 0 Å². The van der Waals surface area contributed by atoms with E-state index < -0.39 is 0 Å².